The maximum Gasteiger partial charge on any atom is 0.323 e. The number of allylic oxidation sites excluding steroid dienone is 2. The Bertz CT molecular complexity index is 795. The molecule has 0 radical (unpaired) electrons. The highest BCUT2D eigenvalue weighted by Crippen LogP contribution is 2.19. The number of hydrogen-bond acceptors (Lipinski definition) is 3. The summed E-state index contributed by atoms with van der Waals surface area (Å²) in [4.78, 5) is 36.2. The fraction of sp³-hybridized carbons (Fsp3) is 0. The van der Waals surface area contributed by atoms with Gasteiger partial charge in [0.15, 0.2) is 5.78 Å². The van der Waals surface area contributed by atoms with Crippen molar-refractivity contribution < 1.29 is 14.4 Å². The molecule has 2 aromatic rings. The molecule has 3 rings (SSSR count). The number of carbonyl (C=O) groups is 3. The number of rotatable bonds is 2. The summed E-state index contributed by atoms with van der Waals surface area (Å²) in [6.45, 7) is 0. The Balaban J connectivity index is 1.78. The number of ketones is 2. The summed E-state index contributed by atoms with van der Waals surface area (Å²) in [7, 11) is 0. The Morgan fingerprint density at radius 1 is 0.773 bits per heavy atom. The summed E-state index contributed by atoms with van der Waals surface area (Å²) < 4.78 is 0. The van der Waals surface area contributed by atoms with E-state index in [1.165, 1.54) is 0 Å². The van der Waals surface area contributed by atoms with Crippen molar-refractivity contribution >= 4 is 23.3 Å². The van der Waals surface area contributed by atoms with Crippen molar-refractivity contribution in [3.8, 4) is 0 Å². The Morgan fingerprint density at radius 3 is 2.14 bits per heavy atom. The van der Waals surface area contributed by atoms with E-state index in [2.05, 4.69) is 10.6 Å². The van der Waals surface area contributed by atoms with Gasteiger partial charge >= 0.3 is 6.03 Å². The van der Waals surface area contributed by atoms with Crippen molar-refractivity contribution in [1.29, 1.82) is 0 Å². The Hall–Kier alpha value is -3.21. The highest BCUT2D eigenvalue weighted by atomic mass is 16.2. The van der Waals surface area contributed by atoms with E-state index in [1.807, 2.05) is 6.07 Å². The van der Waals surface area contributed by atoms with Crippen LogP contribution in [-0.4, -0.2) is 17.6 Å². The lowest BCUT2D eigenvalue weighted by molar-refractivity contribution is 0.0979. The molecular weight excluding hydrogens is 280 g/mol. The van der Waals surface area contributed by atoms with Crippen molar-refractivity contribution in [2.75, 3.05) is 5.32 Å². The summed E-state index contributed by atoms with van der Waals surface area (Å²) >= 11 is 0. The van der Waals surface area contributed by atoms with Crippen molar-refractivity contribution in [2.45, 2.75) is 0 Å². The zero-order chi connectivity index (χ0) is 15.5. The summed E-state index contributed by atoms with van der Waals surface area (Å²) in [5.74, 6) is -0.677. The van der Waals surface area contributed by atoms with Gasteiger partial charge in [0.1, 0.15) is 0 Å². The van der Waals surface area contributed by atoms with Gasteiger partial charge in [0, 0.05) is 22.9 Å². The second kappa shape index (κ2) is 5.65. The molecule has 0 saturated carbocycles. The predicted molar refractivity (Wildman–Crippen MR) is 81.8 cm³/mol. The lowest BCUT2D eigenvalue weighted by Gasteiger charge is -2.15. The standard InChI is InChI=1S/C17H12N2O3/c20-15-10-14(16(21)13-9-5-4-8-12(13)15)19-17(22)18-11-6-2-1-3-7-11/h1-10H,(H2,18,19,22). The van der Waals surface area contributed by atoms with Gasteiger partial charge in [-0.05, 0) is 12.1 Å². The van der Waals surface area contributed by atoms with Crippen molar-refractivity contribution in [2.24, 2.45) is 0 Å². The van der Waals surface area contributed by atoms with Gasteiger partial charge in [0.2, 0.25) is 5.78 Å². The van der Waals surface area contributed by atoms with Crippen LogP contribution in [0.5, 0.6) is 0 Å². The monoisotopic (exact) mass is 292 g/mol. The number of nitrogens with one attached hydrogen (secondary N) is 2. The van der Waals surface area contributed by atoms with Crippen molar-refractivity contribution in [3.05, 3.63) is 77.5 Å². The molecule has 0 bridgehead atoms. The molecule has 0 aromatic heterocycles. The van der Waals surface area contributed by atoms with Gasteiger partial charge in [-0.2, -0.15) is 0 Å². The van der Waals surface area contributed by atoms with Crippen LogP contribution >= 0.6 is 0 Å². The van der Waals surface area contributed by atoms with Gasteiger partial charge in [-0.15, -0.1) is 0 Å². The molecule has 1 aliphatic carbocycles. The van der Waals surface area contributed by atoms with E-state index in [1.54, 1.807) is 48.5 Å². The number of fused-ring (bicyclic) bond motifs is 1. The normalized spacial score (nSPS) is 13.2. The topological polar surface area (TPSA) is 75.3 Å². The largest absolute Gasteiger partial charge is 0.323 e. The number of para-hydroxylation sites is 1. The molecule has 0 unspecified atom stereocenters. The molecule has 2 N–H and O–H groups in total. The van der Waals surface area contributed by atoms with Gasteiger partial charge in [0.05, 0.1) is 5.70 Å². The first kappa shape index (κ1) is 13.8. The first-order valence-electron chi connectivity index (χ1n) is 6.68. The third-order valence-corrected chi connectivity index (χ3v) is 3.24. The van der Waals surface area contributed by atoms with Gasteiger partial charge in [-0.3, -0.25) is 9.59 Å². The second-order valence-electron chi connectivity index (χ2n) is 4.74. The number of Topliss-reactive ketones (excluding diaryl/α,β-unsaturated/α-hetero) is 1. The summed E-state index contributed by atoms with van der Waals surface area (Å²) in [5.41, 5.74) is 1.21. The molecular formula is C17H12N2O3. The van der Waals surface area contributed by atoms with Crippen LogP contribution in [0.1, 0.15) is 20.7 Å². The molecule has 0 saturated heterocycles. The first-order chi connectivity index (χ1) is 10.6. The molecule has 5 nitrogen and oxygen atoms in total. The van der Waals surface area contributed by atoms with Crippen LogP contribution < -0.4 is 10.6 Å². The SMILES string of the molecule is O=C(NC1=CC(=O)c2ccccc2C1=O)Nc1ccccc1. The molecule has 108 valence electrons. The van der Waals surface area contributed by atoms with Crippen molar-refractivity contribution in [3.63, 3.8) is 0 Å². The molecule has 5 heteroatoms. The molecule has 0 heterocycles. The molecule has 0 atom stereocenters. The quantitative estimate of drug-likeness (QED) is 0.893. The number of amides is 2. The highest BCUT2D eigenvalue weighted by molar-refractivity contribution is 6.25. The highest BCUT2D eigenvalue weighted by Gasteiger charge is 2.26. The van der Waals surface area contributed by atoms with Crippen LogP contribution in [0.15, 0.2) is 66.4 Å². The molecule has 0 spiro atoms. The summed E-state index contributed by atoms with van der Waals surface area (Å²) in [6, 6.07) is 14.8. The fourth-order valence-electron chi connectivity index (χ4n) is 2.21. The summed E-state index contributed by atoms with van der Waals surface area (Å²) in [6.07, 6.45) is 1.15. The van der Waals surface area contributed by atoms with Crippen LogP contribution in [-0.2, 0) is 0 Å². The number of benzene rings is 2. The van der Waals surface area contributed by atoms with Gasteiger partial charge < -0.3 is 10.6 Å². The van der Waals surface area contributed by atoms with Crippen LogP contribution in [0.4, 0.5) is 10.5 Å². The lowest BCUT2D eigenvalue weighted by Crippen LogP contribution is -2.34. The van der Waals surface area contributed by atoms with Crippen LogP contribution in [0, 0.1) is 0 Å². The number of hydrogen-bond donors (Lipinski definition) is 2. The third kappa shape index (κ3) is 2.64. The Kier molecular flexibility index (Phi) is 3.53. The molecule has 0 aliphatic heterocycles. The van der Waals surface area contributed by atoms with Crippen LogP contribution in [0.2, 0.25) is 0 Å². The molecule has 22 heavy (non-hydrogen) atoms. The first-order valence-corrected chi connectivity index (χ1v) is 6.68. The molecule has 0 fully saturated rings. The zero-order valence-electron chi connectivity index (χ0n) is 11.5. The Morgan fingerprint density at radius 2 is 1.41 bits per heavy atom. The van der Waals surface area contributed by atoms with E-state index >= 15 is 0 Å². The second-order valence-corrected chi connectivity index (χ2v) is 4.74. The average molecular weight is 292 g/mol. The molecule has 1 aliphatic rings. The van der Waals surface area contributed by atoms with E-state index in [0.29, 0.717) is 16.8 Å². The number of carbonyl (C=O) groups excluding carboxylic acids is 3. The smallest absolute Gasteiger partial charge is 0.308 e. The minimum Gasteiger partial charge on any atom is -0.308 e. The van der Waals surface area contributed by atoms with E-state index in [4.69, 9.17) is 0 Å². The van der Waals surface area contributed by atoms with Gasteiger partial charge in [-0.1, -0.05) is 42.5 Å². The lowest BCUT2D eigenvalue weighted by atomic mass is 9.93. The van der Waals surface area contributed by atoms with Gasteiger partial charge in [0.25, 0.3) is 0 Å². The summed E-state index contributed by atoms with van der Waals surface area (Å²) in [5, 5.41) is 5.02. The minimum atomic E-state index is -0.571. The zero-order valence-corrected chi connectivity index (χ0v) is 11.5. The Labute approximate surface area is 126 Å². The van der Waals surface area contributed by atoms with Crippen LogP contribution in [0.3, 0.4) is 0 Å². The predicted octanol–water partition coefficient (Wildman–Crippen LogP) is 2.77. The maximum absolute atomic E-state index is 12.3. The van der Waals surface area contributed by atoms with E-state index in [0.717, 1.165) is 6.08 Å². The third-order valence-electron chi connectivity index (χ3n) is 3.24. The van der Waals surface area contributed by atoms with E-state index in [-0.39, 0.29) is 17.3 Å². The number of urea groups is 1. The van der Waals surface area contributed by atoms with E-state index in [9.17, 15) is 14.4 Å². The maximum atomic E-state index is 12.3. The van der Waals surface area contributed by atoms with E-state index < -0.39 is 6.03 Å². The number of anilines is 1. The van der Waals surface area contributed by atoms with Gasteiger partial charge in [-0.25, -0.2) is 4.79 Å². The molecule has 2 aromatic carbocycles. The van der Waals surface area contributed by atoms with Crippen molar-refractivity contribution in [1.82, 2.24) is 5.32 Å². The average Bonchev–Trinajstić information content (AvgIpc) is 2.53. The fourth-order valence-corrected chi connectivity index (χ4v) is 2.21. The van der Waals surface area contributed by atoms with Crippen LogP contribution in [0.25, 0.3) is 0 Å². The molecule has 2 amide bonds. The minimum absolute atomic E-state index is 0.0304.